The second kappa shape index (κ2) is 9.03. The van der Waals surface area contributed by atoms with Gasteiger partial charge in [-0.1, -0.05) is 12.1 Å². The maximum Gasteiger partial charge on any atom is 0.251 e. The molecule has 8 nitrogen and oxygen atoms in total. The molecule has 0 saturated carbocycles. The number of rotatable bonds is 7. The Balaban J connectivity index is 1.55. The summed E-state index contributed by atoms with van der Waals surface area (Å²) in [6.45, 7) is -0.381. The van der Waals surface area contributed by atoms with E-state index in [1.165, 1.54) is 19.2 Å². The molecule has 2 heterocycles. The number of amides is 1. The number of aryl methyl sites for hydroxylation is 1. The van der Waals surface area contributed by atoms with E-state index in [1.807, 2.05) is 19.2 Å². The van der Waals surface area contributed by atoms with Crippen LogP contribution in [0, 0.1) is 5.82 Å². The minimum absolute atomic E-state index is 0.0930. The third-order valence-electron chi connectivity index (χ3n) is 5.13. The SMILES string of the molecule is COc1ccc(C(CO)NC(=O)c2ccc3cnc(Nc4ccnn4C)cc3c2)cc1F. The lowest BCUT2D eigenvalue weighted by Gasteiger charge is -2.18. The van der Waals surface area contributed by atoms with Crippen LogP contribution in [0.5, 0.6) is 5.75 Å². The fourth-order valence-corrected chi connectivity index (χ4v) is 3.35. The number of hydrogen-bond acceptors (Lipinski definition) is 6. The monoisotopic (exact) mass is 435 g/mol. The van der Waals surface area contributed by atoms with Crippen molar-refractivity contribution in [1.29, 1.82) is 0 Å². The number of fused-ring (bicyclic) bond motifs is 1. The molecule has 0 saturated heterocycles. The standard InChI is InChI=1S/C23H22FN5O3/c1-29-22(7-8-26-29)28-21-11-17-9-15(3-4-16(17)12-25-21)23(31)27-19(13-30)14-5-6-20(32-2)18(24)10-14/h3-12,19,30H,13H2,1-2H3,(H,25,28)(H,27,31). The van der Waals surface area contributed by atoms with Crippen LogP contribution in [-0.4, -0.2) is 39.5 Å². The number of methoxy groups -OCH3 is 1. The molecule has 2 aromatic heterocycles. The number of benzene rings is 2. The molecule has 0 aliphatic carbocycles. The van der Waals surface area contributed by atoms with Crippen molar-refractivity contribution < 1.29 is 19.0 Å². The minimum Gasteiger partial charge on any atom is -0.494 e. The maximum atomic E-state index is 14.0. The highest BCUT2D eigenvalue weighted by molar-refractivity contribution is 5.99. The molecule has 0 radical (unpaired) electrons. The molecule has 1 atom stereocenters. The van der Waals surface area contributed by atoms with Crippen LogP contribution >= 0.6 is 0 Å². The summed E-state index contributed by atoms with van der Waals surface area (Å²) in [6, 6.07) is 12.4. The zero-order valence-corrected chi connectivity index (χ0v) is 17.5. The summed E-state index contributed by atoms with van der Waals surface area (Å²) in [5.41, 5.74) is 0.842. The van der Waals surface area contributed by atoms with Crippen LogP contribution in [0.1, 0.15) is 22.0 Å². The quantitative estimate of drug-likeness (QED) is 0.412. The van der Waals surface area contributed by atoms with Gasteiger partial charge in [0.25, 0.3) is 5.91 Å². The zero-order chi connectivity index (χ0) is 22.7. The van der Waals surface area contributed by atoms with Crippen LogP contribution in [0.3, 0.4) is 0 Å². The molecule has 4 aromatic rings. The number of ether oxygens (including phenoxy) is 1. The number of carbonyl (C=O) groups is 1. The topological polar surface area (TPSA) is 101 Å². The molecule has 9 heteroatoms. The average Bonchev–Trinajstić information content (AvgIpc) is 3.20. The predicted octanol–water partition coefficient (Wildman–Crippen LogP) is 3.32. The molecule has 0 fully saturated rings. The molecule has 0 spiro atoms. The molecule has 4 rings (SSSR count). The highest BCUT2D eigenvalue weighted by Crippen LogP contribution is 2.24. The Bertz CT molecular complexity index is 1270. The van der Waals surface area contributed by atoms with Gasteiger partial charge >= 0.3 is 0 Å². The van der Waals surface area contributed by atoms with Gasteiger partial charge in [0, 0.05) is 30.3 Å². The second-order valence-electron chi connectivity index (χ2n) is 7.20. The van der Waals surface area contributed by atoms with E-state index in [0.29, 0.717) is 16.9 Å². The van der Waals surface area contributed by atoms with Gasteiger partial charge in [-0.3, -0.25) is 9.48 Å². The molecule has 2 aromatic carbocycles. The van der Waals surface area contributed by atoms with Gasteiger partial charge in [-0.15, -0.1) is 0 Å². The van der Waals surface area contributed by atoms with Gasteiger partial charge in [-0.2, -0.15) is 5.10 Å². The number of anilines is 2. The van der Waals surface area contributed by atoms with Crippen molar-refractivity contribution in [3.63, 3.8) is 0 Å². The van der Waals surface area contributed by atoms with Gasteiger partial charge in [0.15, 0.2) is 11.6 Å². The summed E-state index contributed by atoms with van der Waals surface area (Å²) in [6.07, 6.45) is 3.39. The van der Waals surface area contributed by atoms with Gasteiger partial charge in [-0.25, -0.2) is 9.37 Å². The van der Waals surface area contributed by atoms with Gasteiger partial charge in [-0.05, 0) is 41.3 Å². The van der Waals surface area contributed by atoms with Crippen molar-refractivity contribution in [3.05, 3.63) is 77.9 Å². The summed E-state index contributed by atoms with van der Waals surface area (Å²) in [5.74, 6) is 0.531. The van der Waals surface area contributed by atoms with Crippen molar-refractivity contribution in [3.8, 4) is 5.75 Å². The fraction of sp³-hybridized carbons (Fsp3) is 0.174. The molecule has 0 aliphatic heterocycles. The van der Waals surface area contributed by atoms with E-state index in [9.17, 15) is 14.3 Å². The van der Waals surface area contributed by atoms with E-state index >= 15 is 0 Å². The maximum absolute atomic E-state index is 14.0. The van der Waals surface area contributed by atoms with Gasteiger partial charge in [0.2, 0.25) is 0 Å². The normalized spacial score (nSPS) is 11.9. The largest absolute Gasteiger partial charge is 0.494 e. The molecule has 164 valence electrons. The van der Waals surface area contributed by atoms with Crippen LogP contribution in [0.25, 0.3) is 10.8 Å². The number of aliphatic hydroxyl groups excluding tert-OH is 1. The van der Waals surface area contributed by atoms with Crippen molar-refractivity contribution >= 4 is 28.3 Å². The Morgan fingerprint density at radius 1 is 1.19 bits per heavy atom. The smallest absolute Gasteiger partial charge is 0.251 e. The Morgan fingerprint density at radius 3 is 2.72 bits per heavy atom. The number of nitrogens with zero attached hydrogens (tertiary/aromatic N) is 3. The number of nitrogens with one attached hydrogen (secondary N) is 2. The second-order valence-corrected chi connectivity index (χ2v) is 7.20. The molecular formula is C23H22FN5O3. The summed E-state index contributed by atoms with van der Waals surface area (Å²) in [4.78, 5) is 17.2. The molecule has 1 amide bonds. The van der Waals surface area contributed by atoms with Gasteiger partial charge in [0.1, 0.15) is 11.6 Å². The highest BCUT2D eigenvalue weighted by atomic mass is 19.1. The van der Waals surface area contributed by atoms with Crippen molar-refractivity contribution in [2.24, 2.45) is 7.05 Å². The molecule has 1 unspecified atom stereocenters. The van der Waals surface area contributed by atoms with Gasteiger partial charge < -0.3 is 20.5 Å². The van der Waals surface area contributed by atoms with Crippen LogP contribution in [0.2, 0.25) is 0 Å². The van der Waals surface area contributed by atoms with E-state index in [4.69, 9.17) is 4.74 Å². The predicted molar refractivity (Wildman–Crippen MR) is 118 cm³/mol. The first-order valence-corrected chi connectivity index (χ1v) is 9.88. The number of halogens is 1. The molecule has 3 N–H and O–H groups in total. The third kappa shape index (κ3) is 4.37. The summed E-state index contributed by atoms with van der Waals surface area (Å²) in [7, 11) is 3.19. The van der Waals surface area contributed by atoms with Crippen LogP contribution < -0.4 is 15.4 Å². The highest BCUT2D eigenvalue weighted by Gasteiger charge is 2.17. The van der Waals surface area contributed by atoms with Gasteiger partial charge in [0.05, 0.1) is 26.0 Å². The first kappa shape index (κ1) is 21.3. The summed E-state index contributed by atoms with van der Waals surface area (Å²) < 4.78 is 20.6. The third-order valence-corrected chi connectivity index (χ3v) is 5.13. The molecule has 0 bridgehead atoms. The number of hydrogen-bond donors (Lipinski definition) is 3. The van der Waals surface area contributed by atoms with E-state index in [2.05, 4.69) is 20.7 Å². The zero-order valence-electron chi connectivity index (χ0n) is 17.5. The Hall–Kier alpha value is -3.98. The lowest BCUT2D eigenvalue weighted by molar-refractivity contribution is 0.0916. The summed E-state index contributed by atoms with van der Waals surface area (Å²) >= 11 is 0. The first-order valence-electron chi connectivity index (χ1n) is 9.88. The number of aliphatic hydroxyl groups is 1. The van der Waals surface area contributed by atoms with Crippen molar-refractivity contribution in [2.45, 2.75) is 6.04 Å². The number of aromatic nitrogens is 3. The fourth-order valence-electron chi connectivity index (χ4n) is 3.35. The molecular weight excluding hydrogens is 413 g/mol. The lowest BCUT2D eigenvalue weighted by Crippen LogP contribution is -2.30. The Kier molecular flexibility index (Phi) is 6.00. The average molecular weight is 435 g/mol. The van der Waals surface area contributed by atoms with E-state index in [0.717, 1.165) is 16.6 Å². The number of pyridine rings is 1. The number of carbonyl (C=O) groups excluding carboxylic acids is 1. The van der Waals surface area contributed by atoms with Crippen LogP contribution in [0.4, 0.5) is 16.0 Å². The van der Waals surface area contributed by atoms with E-state index in [-0.39, 0.29) is 18.3 Å². The molecule has 0 aliphatic rings. The lowest BCUT2D eigenvalue weighted by atomic mass is 10.0. The Morgan fingerprint density at radius 2 is 2.03 bits per heavy atom. The minimum atomic E-state index is -0.766. The van der Waals surface area contributed by atoms with Crippen LogP contribution in [0.15, 0.2) is 60.9 Å². The summed E-state index contributed by atoms with van der Waals surface area (Å²) in [5, 5.41) is 21.5. The van der Waals surface area contributed by atoms with E-state index < -0.39 is 11.9 Å². The van der Waals surface area contributed by atoms with E-state index in [1.54, 1.807) is 41.3 Å². The van der Waals surface area contributed by atoms with Crippen molar-refractivity contribution in [1.82, 2.24) is 20.1 Å². The van der Waals surface area contributed by atoms with Crippen molar-refractivity contribution in [2.75, 3.05) is 19.0 Å². The van der Waals surface area contributed by atoms with Crippen LogP contribution in [-0.2, 0) is 7.05 Å². The first-order chi connectivity index (χ1) is 15.5. The molecule has 32 heavy (non-hydrogen) atoms. The Labute approximate surface area is 183 Å².